The fourth-order valence-electron chi connectivity index (χ4n) is 3.42. The predicted molar refractivity (Wildman–Crippen MR) is 107 cm³/mol. The van der Waals surface area contributed by atoms with Crippen molar-refractivity contribution in [3.63, 3.8) is 0 Å². The van der Waals surface area contributed by atoms with Gasteiger partial charge in [-0.2, -0.15) is 0 Å². The summed E-state index contributed by atoms with van der Waals surface area (Å²) in [5.74, 6) is 1.04. The first-order valence-corrected chi connectivity index (χ1v) is 10.4. The van der Waals surface area contributed by atoms with Crippen LogP contribution in [0, 0.1) is 0 Å². The first kappa shape index (κ1) is 20.3. The molecule has 25 heavy (non-hydrogen) atoms. The fraction of sp³-hybridized carbons (Fsp3) is 0.727. The number of likely N-dealkylation sites (N-methyl/N-ethyl adjacent to an activating group) is 1. The van der Waals surface area contributed by atoms with Crippen LogP contribution >= 0.6 is 0 Å². The third kappa shape index (κ3) is 8.73. The standard InChI is InChI=1S/C22H38N2O/c1-3-4-5-6-7-8-9-10-18-25-22-13-11-12-21(19-22)20-24-16-14-23(2)15-17-24/h11-13,19H,3-10,14-18,20H2,1-2H3. The molecule has 3 heteroatoms. The van der Waals surface area contributed by atoms with E-state index in [1.54, 1.807) is 0 Å². The third-order valence-corrected chi connectivity index (χ3v) is 5.17. The summed E-state index contributed by atoms with van der Waals surface area (Å²) in [6.45, 7) is 8.86. The summed E-state index contributed by atoms with van der Waals surface area (Å²) in [5, 5.41) is 0. The zero-order valence-corrected chi connectivity index (χ0v) is 16.5. The van der Waals surface area contributed by atoms with Gasteiger partial charge in [-0.25, -0.2) is 0 Å². The summed E-state index contributed by atoms with van der Waals surface area (Å²) in [6.07, 6.45) is 10.8. The Hall–Kier alpha value is -1.06. The van der Waals surface area contributed by atoms with Gasteiger partial charge in [-0.05, 0) is 31.2 Å². The van der Waals surface area contributed by atoms with Crippen LogP contribution in [0.3, 0.4) is 0 Å². The number of benzene rings is 1. The van der Waals surface area contributed by atoms with Gasteiger partial charge in [0, 0.05) is 32.7 Å². The molecule has 0 bridgehead atoms. The van der Waals surface area contributed by atoms with Crippen molar-refractivity contribution in [1.82, 2.24) is 9.80 Å². The van der Waals surface area contributed by atoms with Crippen molar-refractivity contribution in [3.05, 3.63) is 29.8 Å². The maximum Gasteiger partial charge on any atom is 0.119 e. The van der Waals surface area contributed by atoms with Crippen LogP contribution in [0.4, 0.5) is 0 Å². The molecule has 2 rings (SSSR count). The Balaban J connectivity index is 1.58. The van der Waals surface area contributed by atoms with Gasteiger partial charge in [0.2, 0.25) is 0 Å². The zero-order chi connectivity index (χ0) is 17.7. The molecule has 142 valence electrons. The molecular weight excluding hydrogens is 308 g/mol. The zero-order valence-electron chi connectivity index (χ0n) is 16.5. The molecule has 1 aromatic rings. The largest absolute Gasteiger partial charge is 0.494 e. The summed E-state index contributed by atoms with van der Waals surface area (Å²) in [4.78, 5) is 4.94. The van der Waals surface area contributed by atoms with E-state index in [-0.39, 0.29) is 0 Å². The summed E-state index contributed by atoms with van der Waals surface area (Å²) >= 11 is 0. The van der Waals surface area contributed by atoms with Crippen LogP contribution in [0.25, 0.3) is 0 Å². The molecule has 1 fully saturated rings. The molecule has 3 nitrogen and oxygen atoms in total. The molecular formula is C22H38N2O. The Morgan fingerprint density at radius 2 is 1.56 bits per heavy atom. The van der Waals surface area contributed by atoms with Crippen molar-refractivity contribution in [1.29, 1.82) is 0 Å². The Morgan fingerprint density at radius 3 is 2.28 bits per heavy atom. The molecule has 0 atom stereocenters. The molecule has 1 aliphatic heterocycles. The van der Waals surface area contributed by atoms with Crippen molar-refractivity contribution in [3.8, 4) is 5.75 Å². The van der Waals surface area contributed by atoms with Crippen LogP contribution in [0.2, 0.25) is 0 Å². The van der Waals surface area contributed by atoms with E-state index in [4.69, 9.17) is 4.74 Å². The Bertz CT molecular complexity index is 455. The van der Waals surface area contributed by atoms with Gasteiger partial charge in [-0.3, -0.25) is 4.90 Å². The monoisotopic (exact) mass is 346 g/mol. The van der Waals surface area contributed by atoms with Gasteiger partial charge in [-0.1, -0.05) is 64.0 Å². The SMILES string of the molecule is CCCCCCCCCCOc1cccc(CN2CCN(C)CC2)c1. The number of ether oxygens (including phenoxy) is 1. The molecule has 0 radical (unpaired) electrons. The first-order valence-electron chi connectivity index (χ1n) is 10.4. The van der Waals surface area contributed by atoms with Gasteiger partial charge < -0.3 is 9.64 Å². The van der Waals surface area contributed by atoms with Crippen molar-refractivity contribution in [2.45, 2.75) is 64.8 Å². The number of hydrogen-bond donors (Lipinski definition) is 0. The first-order chi connectivity index (χ1) is 12.3. The average Bonchev–Trinajstić information content (AvgIpc) is 2.63. The fourth-order valence-corrected chi connectivity index (χ4v) is 3.42. The lowest BCUT2D eigenvalue weighted by Crippen LogP contribution is -2.43. The maximum atomic E-state index is 5.97. The molecule has 1 aromatic carbocycles. The van der Waals surface area contributed by atoms with Crippen LogP contribution < -0.4 is 4.74 Å². The molecule has 0 saturated carbocycles. The second-order valence-corrected chi connectivity index (χ2v) is 7.55. The van der Waals surface area contributed by atoms with Gasteiger partial charge in [0.25, 0.3) is 0 Å². The maximum absolute atomic E-state index is 5.97. The highest BCUT2D eigenvalue weighted by atomic mass is 16.5. The molecule has 0 aromatic heterocycles. The van der Waals surface area contributed by atoms with Crippen molar-refractivity contribution >= 4 is 0 Å². The summed E-state index contributed by atoms with van der Waals surface area (Å²) in [5.41, 5.74) is 1.37. The van der Waals surface area contributed by atoms with Gasteiger partial charge in [0.05, 0.1) is 6.61 Å². The number of rotatable bonds is 12. The van der Waals surface area contributed by atoms with E-state index in [0.717, 1.165) is 18.9 Å². The summed E-state index contributed by atoms with van der Waals surface area (Å²) in [6, 6.07) is 8.68. The van der Waals surface area contributed by atoms with Crippen LogP contribution in [-0.4, -0.2) is 49.6 Å². The quantitative estimate of drug-likeness (QED) is 0.498. The Kier molecular flexibility index (Phi) is 9.98. The van der Waals surface area contributed by atoms with E-state index in [2.05, 4.69) is 48.0 Å². The normalized spacial score (nSPS) is 16.2. The van der Waals surface area contributed by atoms with Gasteiger partial charge in [0.15, 0.2) is 0 Å². The Morgan fingerprint density at radius 1 is 0.880 bits per heavy atom. The van der Waals surface area contributed by atoms with Crippen LogP contribution in [0.5, 0.6) is 5.75 Å². The number of nitrogens with zero attached hydrogens (tertiary/aromatic N) is 2. The molecule has 0 unspecified atom stereocenters. The predicted octanol–water partition coefficient (Wildman–Crippen LogP) is 4.95. The average molecular weight is 347 g/mol. The molecule has 0 aliphatic carbocycles. The lowest BCUT2D eigenvalue weighted by Gasteiger charge is -2.32. The van der Waals surface area contributed by atoms with Gasteiger partial charge >= 0.3 is 0 Å². The number of piperazine rings is 1. The second-order valence-electron chi connectivity index (χ2n) is 7.55. The van der Waals surface area contributed by atoms with Gasteiger partial charge in [0.1, 0.15) is 5.75 Å². The number of hydrogen-bond acceptors (Lipinski definition) is 3. The summed E-state index contributed by atoms with van der Waals surface area (Å²) < 4.78 is 5.97. The van der Waals surface area contributed by atoms with Crippen molar-refractivity contribution in [2.24, 2.45) is 0 Å². The molecule has 0 N–H and O–H groups in total. The topological polar surface area (TPSA) is 15.7 Å². The number of unbranched alkanes of at least 4 members (excludes halogenated alkanes) is 7. The van der Waals surface area contributed by atoms with E-state index in [1.807, 2.05) is 0 Å². The molecule has 1 saturated heterocycles. The van der Waals surface area contributed by atoms with Gasteiger partial charge in [-0.15, -0.1) is 0 Å². The van der Waals surface area contributed by atoms with E-state index >= 15 is 0 Å². The smallest absolute Gasteiger partial charge is 0.119 e. The highest BCUT2D eigenvalue weighted by Crippen LogP contribution is 2.16. The van der Waals surface area contributed by atoms with E-state index in [1.165, 1.54) is 83.1 Å². The van der Waals surface area contributed by atoms with Crippen molar-refractivity contribution in [2.75, 3.05) is 39.8 Å². The molecule has 0 spiro atoms. The minimum atomic E-state index is 0.854. The minimum Gasteiger partial charge on any atom is -0.494 e. The molecule has 0 amide bonds. The molecule has 1 aliphatic rings. The second kappa shape index (κ2) is 12.3. The van der Waals surface area contributed by atoms with Crippen LogP contribution in [0.15, 0.2) is 24.3 Å². The van der Waals surface area contributed by atoms with E-state index in [0.29, 0.717) is 0 Å². The lowest BCUT2D eigenvalue weighted by molar-refractivity contribution is 0.148. The molecule has 1 heterocycles. The van der Waals surface area contributed by atoms with Crippen LogP contribution in [0.1, 0.15) is 63.9 Å². The van der Waals surface area contributed by atoms with E-state index < -0.39 is 0 Å². The van der Waals surface area contributed by atoms with Crippen LogP contribution in [-0.2, 0) is 6.54 Å². The minimum absolute atomic E-state index is 0.854. The Labute approximate surface area is 155 Å². The summed E-state index contributed by atoms with van der Waals surface area (Å²) in [7, 11) is 2.21. The third-order valence-electron chi connectivity index (χ3n) is 5.17. The lowest BCUT2D eigenvalue weighted by atomic mass is 10.1. The highest BCUT2D eigenvalue weighted by Gasteiger charge is 2.13. The van der Waals surface area contributed by atoms with E-state index in [9.17, 15) is 0 Å². The van der Waals surface area contributed by atoms with Crippen molar-refractivity contribution < 1.29 is 4.74 Å². The highest BCUT2D eigenvalue weighted by molar-refractivity contribution is 5.28.